The van der Waals surface area contributed by atoms with E-state index in [1.807, 2.05) is 0 Å². The largest absolute Gasteiger partial charge is 0.388 e. The van der Waals surface area contributed by atoms with E-state index < -0.39 is 55.3 Å². The summed E-state index contributed by atoms with van der Waals surface area (Å²) in [5.41, 5.74) is 0. The number of aliphatic hydroxyl groups excluding tert-OH is 7. The van der Waals surface area contributed by atoms with Gasteiger partial charge in [0.2, 0.25) is 0 Å². The first-order chi connectivity index (χ1) is 9.82. The molecule has 0 aromatic carbocycles. The van der Waals surface area contributed by atoms with Crippen LogP contribution in [0.5, 0.6) is 0 Å². The Morgan fingerprint density at radius 2 is 1.48 bits per heavy atom. The molecule has 0 bridgehead atoms. The molecule has 0 saturated carbocycles. The van der Waals surface area contributed by atoms with E-state index in [0.717, 1.165) is 0 Å². The summed E-state index contributed by atoms with van der Waals surface area (Å²) in [6, 6.07) is 0. The van der Waals surface area contributed by atoms with Gasteiger partial charge in [0.05, 0.1) is 13.2 Å². The van der Waals surface area contributed by atoms with Crippen molar-refractivity contribution in [3.05, 3.63) is 0 Å². The Labute approximate surface area is 119 Å². The molecule has 0 amide bonds. The van der Waals surface area contributed by atoms with Gasteiger partial charge in [-0.2, -0.15) is 0 Å². The van der Waals surface area contributed by atoms with E-state index in [4.69, 9.17) is 14.2 Å². The average Bonchev–Trinajstić information content (AvgIpc) is 2.46. The molecule has 7 N–H and O–H groups in total. The summed E-state index contributed by atoms with van der Waals surface area (Å²) in [5.74, 6) is 0. The lowest BCUT2D eigenvalue weighted by atomic mass is 9.99. The maximum absolute atomic E-state index is 9.70. The fourth-order valence-corrected chi connectivity index (χ4v) is 2.18. The third kappa shape index (κ3) is 3.51. The van der Waals surface area contributed by atoms with Crippen molar-refractivity contribution in [2.75, 3.05) is 13.2 Å². The van der Waals surface area contributed by atoms with Crippen molar-refractivity contribution < 1.29 is 50.0 Å². The second-order valence-corrected chi connectivity index (χ2v) is 5.12. The van der Waals surface area contributed by atoms with Gasteiger partial charge in [0.15, 0.2) is 12.6 Å². The van der Waals surface area contributed by atoms with E-state index in [9.17, 15) is 35.7 Å². The van der Waals surface area contributed by atoms with Gasteiger partial charge in [-0.05, 0) is 0 Å². The molecule has 10 heteroatoms. The van der Waals surface area contributed by atoms with Crippen LogP contribution in [0.4, 0.5) is 0 Å². The van der Waals surface area contributed by atoms with Crippen LogP contribution >= 0.6 is 0 Å². The highest BCUT2D eigenvalue weighted by atomic mass is 16.7. The summed E-state index contributed by atoms with van der Waals surface area (Å²) in [6.45, 7) is -0.631. The van der Waals surface area contributed by atoms with Crippen LogP contribution in [-0.2, 0) is 14.2 Å². The summed E-state index contributed by atoms with van der Waals surface area (Å²) in [6.07, 6.45) is -13.1. The maximum atomic E-state index is 9.70. The minimum atomic E-state index is -1.69. The first kappa shape index (κ1) is 17.0. The zero-order chi connectivity index (χ0) is 15.7. The van der Waals surface area contributed by atoms with Crippen molar-refractivity contribution in [3.63, 3.8) is 0 Å². The lowest BCUT2D eigenvalue weighted by Crippen LogP contribution is -2.59. The number of rotatable bonds is 3. The van der Waals surface area contributed by atoms with Crippen LogP contribution in [0.3, 0.4) is 0 Å². The van der Waals surface area contributed by atoms with E-state index in [0.29, 0.717) is 0 Å². The van der Waals surface area contributed by atoms with Gasteiger partial charge < -0.3 is 50.0 Å². The minimum absolute atomic E-state index is 0.249. The van der Waals surface area contributed by atoms with Crippen LogP contribution in [0.2, 0.25) is 0 Å². The van der Waals surface area contributed by atoms with E-state index >= 15 is 0 Å². The van der Waals surface area contributed by atoms with Gasteiger partial charge in [0, 0.05) is 0 Å². The molecule has 0 aliphatic carbocycles. The molecule has 21 heavy (non-hydrogen) atoms. The average molecular weight is 312 g/mol. The molecule has 0 aromatic rings. The smallest absolute Gasteiger partial charge is 0.186 e. The molecule has 124 valence electrons. The second-order valence-electron chi connectivity index (χ2n) is 5.12. The summed E-state index contributed by atoms with van der Waals surface area (Å²) in [7, 11) is 0. The highest BCUT2D eigenvalue weighted by Crippen LogP contribution is 2.22. The minimum Gasteiger partial charge on any atom is -0.388 e. The van der Waals surface area contributed by atoms with Crippen molar-refractivity contribution in [2.24, 2.45) is 0 Å². The predicted molar refractivity (Wildman–Crippen MR) is 62.6 cm³/mol. The van der Waals surface area contributed by atoms with Crippen molar-refractivity contribution in [3.8, 4) is 0 Å². The summed E-state index contributed by atoms with van der Waals surface area (Å²) < 4.78 is 15.0. The molecule has 10 nitrogen and oxygen atoms in total. The summed E-state index contributed by atoms with van der Waals surface area (Å²) in [4.78, 5) is 0. The molecular weight excluding hydrogens is 292 g/mol. The molecule has 0 aromatic heterocycles. The van der Waals surface area contributed by atoms with Crippen LogP contribution in [-0.4, -0.2) is 104 Å². The lowest BCUT2D eigenvalue weighted by Gasteiger charge is -2.40. The number of hydrogen-bond acceptors (Lipinski definition) is 10. The topological polar surface area (TPSA) is 169 Å². The standard InChI is InChI=1S/C11H20O10/c12-3-1-19-11(9(17)5(3)13)20-2-4-6(14)7(15)8(16)10(18)21-4/h3-18H,1-2H2/t3-,4-,5-,6-,7+,8-,9+,10-,11+/m1/s1. The maximum Gasteiger partial charge on any atom is 0.186 e. The molecule has 2 rings (SSSR count). The van der Waals surface area contributed by atoms with Gasteiger partial charge in [-0.1, -0.05) is 0 Å². The SMILES string of the molecule is O[C@@H]1[C@@H](O)[C@H](O)O[C@H](CO[C@@H]2OC[C@@H](O)[C@@H](O)[C@@H]2O)[C@H]1O. The number of ether oxygens (including phenoxy) is 3. The fraction of sp³-hybridized carbons (Fsp3) is 1.00. The first-order valence-corrected chi connectivity index (χ1v) is 6.48. The Morgan fingerprint density at radius 1 is 0.810 bits per heavy atom. The quantitative estimate of drug-likeness (QED) is 0.268. The molecule has 2 aliphatic rings. The molecule has 0 radical (unpaired) electrons. The molecule has 9 atom stereocenters. The summed E-state index contributed by atoms with van der Waals surface area (Å²) in [5, 5.41) is 66.2. The Bertz CT molecular complexity index is 341. The number of hydrogen-bond donors (Lipinski definition) is 7. The highest BCUT2D eigenvalue weighted by Gasteiger charge is 2.44. The molecule has 0 spiro atoms. The van der Waals surface area contributed by atoms with Crippen LogP contribution in [0.25, 0.3) is 0 Å². The van der Waals surface area contributed by atoms with Crippen LogP contribution < -0.4 is 0 Å². The molecule has 2 heterocycles. The zero-order valence-corrected chi connectivity index (χ0v) is 11.0. The van der Waals surface area contributed by atoms with Gasteiger partial charge in [0.1, 0.15) is 42.7 Å². The van der Waals surface area contributed by atoms with Crippen molar-refractivity contribution in [1.82, 2.24) is 0 Å². The molecular formula is C11H20O10. The third-order valence-corrected chi connectivity index (χ3v) is 3.57. The normalized spacial score (nSPS) is 51.9. The molecule has 2 aliphatic heterocycles. The van der Waals surface area contributed by atoms with Crippen molar-refractivity contribution >= 4 is 0 Å². The Balaban J connectivity index is 1.88. The monoisotopic (exact) mass is 312 g/mol. The van der Waals surface area contributed by atoms with Crippen LogP contribution in [0.15, 0.2) is 0 Å². The van der Waals surface area contributed by atoms with E-state index in [2.05, 4.69) is 0 Å². The third-order valence-electron chi connectivity index (χ3n) is 3.57. The second kappa shape index (κ2) is 6.79. The fourth-order valence-electron chi connectivity index (χ4n) is 2.18. The Morgan fingerprint density at radius 3 is 2.14 bits per heavy atom. The molecule has 2 saturated heterocycles. The Kier molecular flexibility index (Phi) is 5.48. The Hall–Kier alpha value is -0.400. The van der Waals surface area contributed by atoms with Crippen LogP contribution in [0.1, 0.15) is 0 Å². The van der Waals surface area contributed by atoms with Gasteiger partial charge >= 0.3 is 0 Å². The highest BCUT2D eigenvalue weighted by molar-refractivity contribution is 4.89. The first-order valence-electron chi connectivity index (χ1n) is 6.48. The molecule has 0 unspecified atom stereocenters. The van der Waals surface area contributed by atoms with Crippen molar-refractivity contribution in [2.45, 2.75) is 55.3 Å². The lowest BCUT2D eigenvalue weighted by molar-refractivity contribution is -0.312. The van der Waals surface area contributed by atoms with E-state index in [1.54, 1.807) is 0 Å². The van der Waals surface area contributed by atoms with Gasteiger partial charge in [-0.15, -0.1) is 0 Å². The van der Waals surface area contributed by atoms with Crippen LogP contribution in [0, 0.1) is 0 Å². The van der Waals surface area contributed by atoms with Crippen molar-refractivity contribution in [1.29, 1.82) is 0 Å². The zero-order valence-electron chi connectivity index (χ0n) is 11.0. The van der Waals surface area contributed by atoms with E-state index in [-0.39, 0.29) is 13.2 Å². The van der Waals surface area contributed by atoms with E-state index in [1.165, 1.54) is 0 Å². The predicted octanol–water partition coefficient (Wildman–Crippen LogP) is -4.76. The van der Waals surface area contributed by atoms with Gasteiger partial charge in [-0.25, -0.2) is 0 Å². The summed E-state index contributed by atoms with van der Waals surface area (Å²) >= 11 is 0. The number of aliphatic hydroxyl groups is 7. The molecule has 2 fully saturated rings. The van der Waals surface area contributed by atoms with Gasteiger partial charge in [-0.3, -0.25) is 0 Å². The van der Waals surface area contributed by atoms with Gasteiger partial charge in [0.25, 0.3) is 0 Å².